The molecular formula is C14H25N5O2. The van der Waals surface area contributed by atoms with Crippen LogP contribution in [0.1, 0.15) is 45.3 Å². The monoisotopic (exact) mass is 295 g/mol. The van der Waals surface area contributed by atoms with Gasteiger partial charge in [-0.1, -0.05) is 0 Å². The van der Waals surface area contributed by atoms with Gasteiger partial charge in [-0.05, 0) is 59.5 Å². The molecule has 7 nitrogen and oxygen atoms in total. The van der Waals surface area contributed by atoms with E-state index in [1.165, 1.54) is 0 Å². The number of nitro groups is 1. The Hall–Kier alpha value is -1.63. The fourth-order valence-corrected chi connectivity index (χ4v) is 2.90. The minimum absolute atomic E-state index is 0.0802. The topological polar surface area (TPSA) is 85.0 Å². The summed E-state index contributed by atoms with van der Waals surface area (Å²) in [5, 5.41) is 22.4. The predicted octanol–water partition coefficient (Wildman–Crippen LogP) is 2.48. The van der Waals surface area contributed by atoms with Crippen molar-refractivity contribution in [1.29, 1.82) is 0 Å². The Morgan fingerprint density at radius 2 is 2.19 bits per heavy atom. The lowest BCUT2D eigenvalue weighted by Crippen LogP contribution is -2.39. The zero-order valence-electron chi connectivity index (χ0n) is 13.2. The van der Waals surface area contributed by atoms with Crippen LogP contribution in [-0.4, -0.2) is 33.8 Å². The molecule has 1 saturated heterocycles. The number of rotatable bonds is 5. The van der Waals surface area contributed by atoms with Crippen LogP contribution < -0.4 is 10.6 Å². The van der Waals surface area contributed by atoms with Gasteiger partial charge in [0.15, 0.2) is 0 Å². The number of hydrogen-bond acceptors (Lipinski definition) is 5. The van der Waals surface area contributed by atoms with Gasteiger partial charge in [-0.3, -0.25) is 10.1 Å². The average molecular weight is 295 g/mol. The molecule has 2 atom stereocenters. The van der Waals surface area contributed by atoms with Crippen LogP contribution in [0.25, 0.3) is 0 Å². The molecule has 0 aliphatic carbocycles. The van der Waals surface area contributed by atoms with E-state index in [0.717, 1.165) is 25.9 Å². The number of aryl methyl sites for hydroxylation is 1. The zero-order valence-corrected chi connectivity index (χ0v) is 13.2. The maximum absolute atomic E-state index is 11.3. The fourth-order valence-electron chi connectivity index (χ4n) is 2.90. The fraction of sp³-hybridized carbons (Fsp3) is 0.786. The van der Waals surface area contributed by atoms with Gasteiger partial charge in [0.2, 0.25) is 5.82 Å². The van der Waals surface area contributed by atoms with E-state index < -0.39 is 0 Å². The molecule has 0 aromatic carbocycles. The second-order valence-electron chi connectivity index (χ2n) is 6.12. The van der Waals surface area contributed by atoms with Crippen molar-refractivity contribution >= 4 is 11.5 Å². The van der Waals surface area contributed by atoms with Crippen molar-refractivity contribution in [1.82, 2.24) is 15.1 Å². The largest absolute Gasteiger partial charge is 0.362 e. The molecule has 0 amide bonds. The zero-order chi connectivity index (χ0) is 15.6. The highest BCUT2D eigenvalue weighted by Crippen LogP contribution is 2.32. The van der Waals surface area contributed by atoms with Crippen molar-refractivity contribution in [3.05, 3.63) is 15.8 Å². The Balaban J connectivity index is 2.26. The molecule has 7 heteroatoms. The van der Waals surface area contributed by atoms with Crippen LogP contribution in [0.4, 0.5) is 11.5 Å². The summed E-state index contributed by atoms with van der Waals surface area (Å²) in [5.41, 5.74) is 0.560. The Morgan fingerprint density at radius 1 is 1.48 bits per heavy atom. The molecule has 1 aromatic rings. The SMILES string of the molecule is Cc1nn(C(C)C)c(NC(C)C2CCCNC2)c1[N+](=O)[O-]. The van der Waals surface area contributed by atoms with Crippen LogP contribution >= 0.6 is 0 Å². The Labute approximate surface area is 125 Å². The highest BCUT2D eigenvalue weighted by atomic mass is 16.6. The van der Waals surface area contributed by atoms with Crippen LogP contribution in [0, 0.1) is 23.0 Å². The van der Waals surface area contributed by atoms with Gasteiger partial charge < -0.3 is 10.6 Å². The molecular weight excluding hydrogens is 270 g/mol. The molecule has 2 N–H and O–H groups in total. The van der Waals surface area contributed by atoms with E-state index >= 15 is 0 Å². The second-order valence-corrected chi connectivity index (χ2v) is 6.12. The lowest BCUT2D eigenvalue weighted by atomic mass is 9.93. The molecule has 0 spiro atoms. The van der Waals surface area contributed by atoms with Crippen molar-refractivity contribution in [2.75, 3.05) is 18.4 Å². The summed E-state index contributed by atoms with van der Waals surface area (Å²) in [7, 11) is 0. The van der Waals surface area contributed by atoms with Gasteiger partial charge in [0, 0.05) is 12.1 Å². The molecule has 1 fully saturated rings. The molecule has 118 valence electrons. The summed E-state index contributed by atoms with van der Waals surface area (Å²) in [6.45, 7) is 9.76. The Morgan fingerprint density at radius 3 is 2.71 bits per heavy atom. The van der Waals surface area contributed by atoms with E-state index in [4.69, 9.17) is 0 Å². The van der Waals surface area contributed by atoms with Crippen molar-refractivity contribution in [3.8, 4) is 0 Å². The van der Waals surface area contributed by atoms with Gasteiger partial charge in [-0.2, -0.15) is 5.10 Å². The number of hydrogen-bond donors (Lipinski definition) is 2. The van der Waals surface area contributed by atoms with Gasteiger partial charge in [0.1, 0.15) is 5.69 Å². The lowest BCUT2D eigenvalue weighted by molar-refractivity contribution is -0.384. The quantitative estimate of drug-likeness (QED) is 0.644. The summed E-state index contributed by atoms with van der Waals surface area (Å²) in [6, 6.07) is 0.252. The first-order chi connectivity index (χ1) is 9.91. The third-order valence-corrected chi connectivity index (χ3v) is 4.13. The highest BCUT2D eigenvalue weighted by Gasteiger charge is 2.29. The molecule has 1 aliphatic heterocycles. The van der Waals surface area contributed by atoms with Gasteiger partial charge >= 0.3 is 5.69 Å². The highest BCUT2D eigenvalue weighted by molar-refractivity contribution is 5.60. The summed E-state index contributed by atoms with van der Waals surface area (Å²) in [4.78, 5) is 11.0. The van der Waals surface area contributed by atoms with Gasteiger partial charge in [0.25, 0.3) is 0 Å². The summed E-state index contributed by atoms with van der Waals surface area (Å²) < 4.78 is 1.72. The number of piperidine rings is 1. The summed E-state index contributed by atoms with van der Waals surface area (Å²) in [6.07, 6.45) is 2.30. The number of nitrogens with zero attached hydrogens (tertiary/aromatic N) is 3. The van der Waals surface area contributed by atoms with Crippen LogP contribution in [0.15, 0.2) is 0 Å². The van der Waals surface area contributed by atoms with Gasteiger partial charge in [-0.25, -0.2) is 4.68 Å². The van der Waals surface area contributed by atoms with Crippen molar-refractivity contribution in [2.24, 2.45) is 5.92 Å². The smallest absolute Gasteiger partial charge is 0.333 e. The summed E-state index contributed by atoms with van der Waals surface area (Å²) >= 11 is 0. The Bertz CT molecular complexity index is 506. The maximum Gasteiger partial charge on any atom is 0.333 e. The molecule has 21 heavy (non-hydrogen) atoms. The third kappa shape index (κ3) is 3.34. The predicted molar refractivity (Wildman–Crippen MR) is 82.7 cm³/mol. The molecule has 2 rings (SSSR count). The van der Waals surface area contributed by atoms with Crippen LogP contribution in [0.3, 0.4) is 0 Å². The number of aromatic nitrogens is 2. The van der Waals surface area contributed by atoms with Crippen LogP contribution in [0.2, 0.25) is 0 Å². The van der Waals surface area contributed by atoms with Gasteiger partial charge in [0.05, 0.1) is 4.92 Å². The third-order valence-electron chi connectivity index (χ3n) is 4.13. The van der Waals surface area contributed by atoms with Gasteiger partial charge in [-0.15, -0.1) is 0 Å². The first-order valence-electron chi connectivity index (χ1n) is 7.62. The van der Waals surface area contributed by atoms with E-state index in [9.17, 15) is 10.1 Å². The van der Waals surface area contributed by atoms with E-state index in [1.807, 2.05) is 13.8 Å². The average Bonchev–Trinajstić information content (AvgIpc) is 2.76. The van der Waals surface area contributed by atoms with E-state index in [2.05, 4.69) is 22.7 Å². The summed E-state index contributed by atoms with van der Waals surface area (Å²) in [5.74, 6) is 1.01. The van der Waals surface area contributed by atoms with E-state index in [1.54, 1.807) is 11.6 Å². The van der Waals surface area contributed by atoms with Crippen molar-refractivity contribution in [2.45, 2.75) is 52.6 Å². The molecule has 1 aliphatic rings. The maximum atomic E-state index is 11.3. The first-order valence-corrected chi connectivity index (χ1v) is 7.62. The number of anilines is 1. The van der Waals surface area contributed by atoms with Crippen LogP contribution in [-0.2, 0) is 0 Å². The minimum atomic E-state index is -0.338. The van der Waals surface area contributed by atoms with E-state index in [-0.39, 0.29) is 22.7 Å². The lowest BCUT2D eigenvalue weighted by Gasteiger charge is -2.29. The number of nitrogens with one attached hydrogen (secondary N) is 2. The molecule has 2 unspecified atom stereocenters. The molecule has 0 bridgehead atoms. The van der Waals surface area contributed by atoms with Crippen molar-refractivity contribution in [3.63, 3.8) is 0 Å². The Kier molecular flexibility index (Phi) is 4.82. The standard InChI is InChI=1S/C14H25N5O2/c1-9(2)18-14(13(19(20)21)11(4)17-18)16-10(3)12-6-5-7-15-8-12/h9-10,12,15-16H,5-8H2,1-4H3. The first kappa shape index (κ1) is 15.8. The molecule has 0 radical (unpaired) electrons. The molecule has 2 heterocycles. The second kappa shape index (κ2) is 6.43. The van der Waals surface area contributed by atoms with Crippen molar-refractivity contribution < 1.29 is 4.92 Å². The molecule has 1 aromatic heterocycles. The van der Waals surface area contributed by atoms with Crippen LogP contribution in [0.5, 0.6) is 0 Å². The molecule has 0 saturated carbocycles. The normalized spacial score (nSPS) is 20.5. The van der Waals surface area contributed by atoms with E-state index in [0.29, 0.717) is 17.4 Å². The minimum Gasteiger partial charge on any atom is -0.362 e.